The van der Waals surface area contributed by atoms with Gasteiger partial charge in [0.15, 0.2) is 0 Å². The van der Waals surface area contributed by atoms with E-state index in [1.54, 1.807) is 6.92 Å². The van der Waals surface area contributed by atoms with E-state index in [4.69, 9.17) is 11.6 Å². The minimum Gasteiger partial charge on any atom is -0.279 e. The second kappa shape index (κ2) is 5.90. The van der Waals surface area contributed by atoms with Crippen LogP contribution in [-0.4, -0.2) is 8.42 Å². The first-order valence-corrected chi connectivity index (χ1v) is 8.29. The zero-order valence-electron chi connectivity index (χ0n) is 10.6. The van der Waals surface area contributed by atoms with Gasteiger partial charge in [0.05, 0.1) is 15.2 Å². The van der Waals surface area contributed by atoms with Crippen molar-refractivity contribution >= 4 is 43.2 Å². The lowest BCUT2D eigenvalue weighted by Gasteiger charge is -2.12. The Balaban J connectivity index is 2.47. The molecule has 0 saturated heterocycles. The van der Waals surface area contributed by atoms with Gasteiger partial charge in [-0.25, -0.2) is 17.2 Å². The maximum absolute atomic E-state index is 13.5. The Labute approximate surface area is 134 Å². The number of halogens is 4. The summed E-state index contributed by atoms with van der Waals surface area (Å²) < 4.78 is 53.6. The van der Waals surface area contributed by atoms with Crippen molar-refractivity contribution in [3.63, 3.8) is 0 Å². The van der Waals surface area contributed by atoms with Gasteiger partial charge in [-0.15, -0.1) is 0 Å². The van der Waals surface area contributed by atoms with Crippen molar-refractivity contribution in [2.45, 2.75) is 11.8 Å². The highest BCUT2D eigenvalue weighted by Gasteiger charge is 2.20. The van der Waals surface area contributed by atoms with Crippen LogP contribution in [0.1, 0.15) is 5.56 Å². The minimum atomic E-state index is -4.12. The molecule has 0 radical (unpaired) electrons. The summed E-state index contributed by atoms with van der Waals surface area (Å²) in [6, 6.07) is 5.45. The van der Waals surface area contributed by atoms with Gasteiger partial charge in [-0.05, 0) is 58.7 Å². The largest absolute Gasteiger partial charge is 0.279 e. The lowest BCUT2D eigenvalue weighted by molar-refractivity contribution is 0.595. The molecule has 0 atom stereocenters. The third kappa shape index (κ3) is 3.53. The van der Waals surface area contributed by atoms with Crippen molar-refractivity contribution in [2.75, 3.05) is 4.72 Å². The Kier molecular flexibility index (Phi) is 4.55. The van der Waals surface area contributed by atoms with Crippen molar-refractivity contribution in [1.82, 2.24) is 0 Å². The molecule has 0 aliphatic rings. The van der Waals surface area contributed by atoms with E-state index < -0.39 is 26.6 Å². The van der Waals surface area contributed by atoms with Gasteiger partial charge in [-0.1, -0.05) is 11.6 Å². The van der Waals surface area contributed by atoms with Crippen LogP contribution < -0.4 is 4.72 Å². The van der Waals surface area contributed by atoms with Crippen molar-refractivity contribution in [2.24, 2.45) is 0 Å². The van der Waals surface area contributed by atoms with Crippen LogP contribution in [0.3, 0.4) is 0 Å². The van der Waals surface area contributed by atoms with Gasteiger partial charge < -0.3 is 0 Å². The van der Waals surface area contributed by atoms with Crippen LogP contribution in [0.25, 0.3) is 0 Å². The van der Waals surface area contributed by atoms with E-state index in [-0.39, 0.29) is 15.2 Å². The summed E-state index contributed by atoms with van der Waals surface area (Å²) in [6.07, 6.45) is 0. The fourth-order valence-corrected chi connectivity index (χ4v) is 3.73. The van der Waals surface area contributed by atoms with Crippen molar-refractivity contribution in [3.8, 4) is 0 Å². The third-order valence-corrected chi connectivity index (χ3v) is 5.15. The Hall–Kier alpha value is -1.18. The molecule has 2 aromatic rings. The fourth-order valence-electron chi connectivity index (χ4n) is 1.64. The Bertz CT molecular complexity index is 812. The topological polar surface area (TPSA) is 46.2 Å². The highest BCUT2D eigenvalue weighted by atomic mass is 79.9. The van der Waals surface area contributed by atoms with E-state index in [0.717, 1.165) is 24.3 Å². The van der Waals surface area contributed by atoms with E-state index in [0.29, 0.717) is 5.56 Å². The molecule has 1 N–H and O–H groups in total. The highest BCUT2D eigenvalue weighted by Crippen LogP contribution is 2.28. The number of aryl methyl sites for hydroxylation is 1. The highest BCUT2D eigenvalue weighted by molar-refractivity contribution is 9.10. The van der Waals surface area contributed by atoms with Crippen LogP contribution in [0.4, 0.5) is 14.5 Å². The summed E-state index contributed by atoms with van der Waals surface area (Å²) >= 11 is 8.78. The van der Waals surface area contributed by atoms with Gasteiger partial charge in [-0.3, -0.25) is 4.72 Å². The van der Waals surface area contributed by atoms with Crippen LogP contribution in [-0.2, 0) is 10.0 Å². The molecule has 0 saturated carbocycles. The number of anilines is 1. The molecule has 2 rings (SSSR count). The van der Waals surface area contributed by atoms with Crippen LogP contribution in [0.2, 0.25) is 5.02 Å². The van der Waals surface area contributed by atoms with E-state index in [9.17, 15) is 17.2 Å². The van der Waals surface area contributed by atoms with Crippen LogP contribution in [0, 0.1) is 18.6 Å². The predicted molar refractivity (Wildman–Crippen MR) is 81.1 cm³/mol. The van der Waals surface area contributed by atoms with Gasteiger partial charge in [0.1, 0.15) is 16.5 Å². The van der Waals surface area contributed by atoms with E-state index >= 15 is 0 Å². The monoisotopic (exact) mass is 395 g/mol. The number of benzene rings is 2. The summed E-state index contributed by atoms with van der Waals surface area (Å²) in [5, 5.41) is -0.126. The molecule has 0 aliphatic carbocycles. The first-order chi connectivity index (χ1) is 9.70. The molecule has 112 valence electrons. The molecule has 2 aromatic carbocycles. The summed E-state index contributed by atoms with van der Waals surface area (Å²) in [5.41, 5.74) is 0.551. The maximum Gasteiger partial charge on any atom is 0.263 e. The number of rotatable bonds is 3. The molecule has 0 amide bonds. The normalized spacial score (nSPS) is 11.5. The average molecular weight is 397 g/mol. The zero-order chi connectivity index (χ0) is 15.8. The van der Waals surface area contributed by atoms with Gasteiger partial charge in [-0.2, -0.15) is 0 Å². The minimum absolute atomic E-state index is 0.0519. The van der Waals surface area contributed by atoms with Crippen LogP contribution >= 0.6 is 27.5 Å². The Morgan fingerprint density at radius 2 is 1.86 bits per heavy atom. The molecule has 0 fully saturated rings. The second-order valence-corrected chi connectivity index (χ2v) is 7.17. The van der Waals surface area contributed by atoms with Crippen molar-refractivity contribution in [1.29, 1.82) is 0 Å². The lowest BCUT2D eigenvalue weighted by atomic mass is 10.2. The summed E-state index contributed by atoms with van der Waals surface area (Å²) in [5.74, 6) is -1.36. The third-order valence-electron chi connectivity index (χ3n) is 2.69. The first-order valence-electron chi connectivity index (χ1n) is 5.64. The second-order valence-electron chi connectivity index (χ2n) is 4.26. The quantitative estimate of drug-likeness (QED) is 0.831. The molecular formula is C13H9BrClF2NO2S. The van der Waals surface area contributed by atoms with Crippen LogP contribution in [0.15, 0.2) is 39.7 Å². The standard InChI is InChI=1S/C13H9BrClF2NO2S/c1-7-4-9(14)11(17)6-12(7)18-21(19,20)13-5-8(16)2-3-10(13)15/h2-6,18H,1H3. The van der Waals surface area contributed by atoms with Gasteiger partial charge in [0.2, 0.25) is 0 Å². The van der Waals surface area contributed by atoms with Gasteiger partial charge >= 0.3 is 0 Å². The van der Waals surface area contributed by atoms with Gasteiger partial charge in [0, 0.05) is 0 Å². The molecule has 0 heterocycles. The molecule has 0 unspecified atom stereocenters. The van der Waals surface area contributed by atoms with Crippen molar-refractivity contribution in [3.05, 3.63) is 57.0 Å². The molecule has 0 bridgehead atoms. The zero-order valence-corrected chi connectivity index (χ0v) is 13.8. The van der Waals surface area contributed by atoms with Gasteiger partial charge in [0.25, 0.3) is 10.0 Å². The van der Waals surface area contributed by atoms with Crippen LogP contribution in [0.5, 0.6) is 0 Å². The van der Waals surface area contributed by atoms with E-state index in [1.807, 2.05) is 0 Å². The Morgan fingerprint density at radius 1 is 1.19 bits per heavy atom. The summed E-state index contributed by atoms with van der Waals surface area (Å²) in [6.45, 7) is 1.61. The first kappa shape index (κ1) is 16.2. The molecule has 21 heavy (non-hydrogen) atoms. The lowest BCUT2D eigenvalue weighted by Crippen LogP contribution is -2.14. The maximum atomic E-state index is 13.5. The van der Waals surface area contributed by atoms with E-state index in [2.05, 4.69) is 20.7 Å². The van der Waals surface area contributed by atoms with Crippen molar-refractivity contribution < 1.29 is 17.2 Å². The number of sulfonamides is 1. The molecule has 8 heteroatoms. The summed E-state index contributed by atoms with van der Waals surface area (Å²) in [4.78, 5) is -0.410. The Morgan fingerprint density at radius 3 is 2.52 bits per heavy atom. The molecular weight excluding hydrogens is 388 g/mol. The molecule has 0 aromatic heterocycles. The summed E-state index contributed by atoms with van der Waals surface area (Å²) in [7, 11) is -4.12. The molecule has 0 spiro atoms. The number of nitrogens with one attached hydrogen (secondary N) is 1. The predicted octanol–water partition coefficient (Wildman–Crippen LogP) is 4.49. The SMILES string of the molecule is Cc1cc(Br)c(F)cc1NS(=O)(=O)c1cc(F)ccc1Cl. The average Bonchev–Trinajstić information content (AvgIpc) is 2.38. The smallest absolute Gasteiger partial charge is 0.263 e. The molecule has 0 aliphatic heterocycles. The number of hydrogen-bond donors (Lipinski definition) is 1. The van der Waals surface area contributed by atoms with E-state index in [1.165, 1.54) is 6.07 Å². The molecule has 3 nitrogen and oxygen atoms in total. The fraction of sp³-hybridized carbons (Fsp3) is 0.0769. The number of hydrogen-bond acceptors (Lipinski definition) is 2.